The molecule has 10 nitrogen and oxygen atoms in total. The van der Waals surface area contributed by atoms with Crippen molar-refractivity contribution in [1.29, 1.82) is 0 Å². The summed E-state index contributed by atoms with van der Waals surface area (Å²) in [7, 11) is 0. The van der Waals surface area contributed by atoms with E-state index in [4.69, 9.17) is 5.73 Å². The number of unbranched alkanes of at least 4 members (excludes halogenated alkanes) is 2. The van der Waals surface area contributed by atoms with Gasteiger partial charge in [-0.2, -0.15) is 0 Å². The summed E-state index contributed by atoms with van der Waals surface area (Å²) in [5.41, 5.74) is 5.40. The molecule has 0 spiro atoms. The number of rotatable bonds is 21. The zero-order valence-electron chi connectivity index (χ0n) is 26.1. The van der Waals surface area contributed by atoms with Crippen molar-refractivity contribution in [2.24, 2.45) is 23.5 Å². The largest absolute Gasteiger partial charge is 0.379 e. The average Bonchev–Trinajstić information content (AvgIpc) is 3.44. The van der Waals surface area contributed by atoms with Crippen molar-refractivity contribution in [1.82, 2.24) is 20.9 Å². The van der Waals surface area contributed by atoms with Crippen LogP contribution in [0.25, 0.3) is 0 Å². The number of aliphatic hydroxyl groups is 4. The van der Waals surface area contributed by atoms with E-state index in [1.165, 1.54) is 25.7 Å². The van der Waals surface area contributed by atoms with Gasteiger partial charge in [0.1, 0.15) is 24.9 Å². The molecule has 9 unspecified atom stereocenters. The van der Waals surface area contributed by atoms with Gasteiger partial charge in [-0.25, -0.2) is 0 Å². The van der Waals surface area contributed by atoms with E-state index in [2.05, 4.69) is 29.8 Å². The minimum absolute atomic E-state index is 0.0391. The number of carbonyl (C=O) groups is 1. The van der Waals surface area contributed by atoms with Gasteiger partial charge in [-0.15, -0.1) is 0 Å². The van der Waals surface area contributed by atoms with Crippen molar-refractivity contribution >= 4 is 5.91 Å². The summed E-state index contributed by atoms with van der Waals surface area (Å²) in [5, 5.41) is 52.1. The number of likely N-dealkylation sites (tertiary alicyclic amines) is 1. The quantitative estimate of drug-likeness (QED) is 0.0746. The topological polar surface area (TPSA) is 163 Å². The summed E-state index contributed by atoms with van der Waals surface area (Å²) >= 11 is 0. The van der Waals surface area contributed by atoms with Gasteiger partial charge in [0.05, 0.1) is 6.04 Å². The Hall–Kier alpha value is -0.850. The van der Waals surface area contributed by atoms with Crippen molar-refractivity contribution in [2.75, 3.05) is 19.6 Å². The van der Waals surface area contributed by atoms with Crippen LogP contribution in [-0.2, 0) is 4.79 Å². The third kappa shape index (κ3) is 14.0. The molecule has 41 heavy (non-hydrogen) atoms. The first kappa shape index (κ1) is 36.3. The van der Waals surface area contributed by atoms with E-state index in [0.717, 1.165) is 56.8 Å². The van der Waals surface area contributed by atoms with E-state index in [0.29, 0.717) is 51.2 Å². The Morgan fingerprint density at radius 2 is 1.68 bits per heavy atom. The fourth-order valence-electron chi connectivity index (χ4n) is 6.72. The van der Waals surface area contributed by atoms with Gasteiger partial charge < -0.3 is 31.5 Å². The molecule has 0 aromatic carbocycles. The maximum absolute atomic E-state index is 11.6. The fourth-order valence-corrected chi connectivity index (χ4v) is 6.72. The van der Waals surface area contributed by atoms with Crippen LogP contribution in [0.5, 0.6) is 0 Å². The van der Waals surface area contributed by atoms with Crippen LogP contribution in [0.3, 0.4) is 0 Å². The van der Waals surface area contributed by atoms with Crippen LogP contribution in [0.2, 0.25) is 0 Å². The first-order chi connectivity index (χ1) is 19.6. The zero-order chi connectivity index (χ0) is 30.2. The molecule has 0 aromatic heterocycles. The van der Waals surface area contributed by atoms with E-state index in [1.807, 2.05) is 11.8 Å². The third-order valence-electron chi connectivity index (χ3n) is 9.36. The smallest absolute Gasteiger partial charge is 0.219 e. The molecule has 0 aromatic rings. The van der Waals surface area contributed by atoms with E-state index in [9.17, 15) is 25.2 Å². The first-order valence-corrected chi connectivity index (χ1v) is 16.6. The van der Waals surface area contributed by atoms with E-state index in [-0.39, 0.29) is 18.0 Å². The molecule has 1 aliphatic carbocycles. The Labute approximate surface area is 249 Å². The van der Waals surface area contributed by atoms with Crippen LogP contribution in [0, 0.1) is 17.8 Å². The van der Waals surface area contributed by atoms with Gasteiger partial charge in [0.2, 0.25) is 5.91 Å². The number of amides is 1. The molecule has 1 heterocycles. The summed E-state index contributed by atoms with van der Waals surface area (Å²) in [6.07, 6.45) is 10.2. The van der Waals surface area contributed by atoms with Crippen LogP contribution in [0.4, 0.5) is 0 Å². The van der Waals surface area contributed by atoms with Gasteiger partial charge in [0.15, 0.2) is 0 Å². The molecular formula is C31H63N5O5. The molecule has 0 radical (unpaired) electrons. The Bertz CT molecular complexity index is 702. The second-order valence-electron chi connectivity index (χ2n) is 12.9. The van der Waals surface area contributed by atoms with Crippen LogP contribution in [-0.4, -0.2) is 87.9 Å². The number of hydrogen-bond donors (Lipinski definition) is 8. The van der Waals surface area contributed by atoms with E-state index < -0.39 is 24.9 Å². The van der Waals surface area contributed by atoms with Crippen molar-refractivity contribution in [3.8, 4) is 0 Å². The Balaban J connectivity index is 1.92. The summed E-state index contributed by atoms with van der Waals surface area (Å²) in [6.45, 7) is 8.39. The van der Waals surface area contributed by atoms with Gasteiger partial charge in [0.25, 0.3) is 0 Å². The standard InChI is InChI=1S/C31H63N5O5/c1-4-28(38)33-18-7-5-13-25(35-29(39)17-16-23(3)24-12-9-11-22(2)21-24)31(41)36-20-10-14-26(36)30(40)34-19-8-6-15-27(32)37/h22-27,29-31,34-35,37,39-41H,4-21,32H2,1-3H3,(H,33,38). The molecule has 1 aliphatic heterocycles. The summed E-state index contributed by atoms with van der Waals surface area (Å²) in [6, 6.07) is -0.570. The van der Waals surface area contributed by atoms with Gasteiger partial charge in [-0.1, -0.05) is 40.0 Å². The lowest BCUT2D eigenvalue weighted by Crippen LogP contribution is -2.58. The second-order valence-corrected chi connectivity index (χ2v) is 12.9. The molecule has 2 rings (SSSR count). The number of nitrogens with zero attached hydrogens (tertiary/aromatic N) is 1. The lowest BCUT2D eigenvalue weighted by atomic mass is 9.75. The maximum Gasteiger partial charge on any atom is 0.219 e. The van der Waals surface area contributed by atoms with Crippen molar-refractivity contribution in [2.45, 2.75) is 154 Å². The van der Waals surface area contributed by atoms with Crippen molar-refractivity contribution in [3.63, 3.8) is 0 Å². The monoisotopic (exact) mass is 585 g/mol. The molecule has 1 saturated heterocycles. The molecule has 9 atom stereocenters. The predicted octanol–water partition coefficient (Wildman–Crippen LogP) is 2.34. The molecule has 0 bridgehead atoms. The normalized spacial score (nSPS) is 26.3. The third-order valence-corrected chi connectivity index (χ3v) is 9.36. The summed E-state index contributed by atoms with van der Waals surface area (Å²) in [5.74, 6) is 2.12. The lowest BCUT2D eigenvalue weighted by Gasteiger charge is -2.38. The molecule has 2 fully saturated rings. The highest BCUT2D eigenvalue weighted by molar-refractivity contribution is 5.75. The SMILES string of the molecule is CCC(=O)NCCCCC(NC(O)CCC(C)C1CCCC(C)C1)C(O)N1CCCC1C(O)NCCCCC(N)O. The van der Waals surface area contributed by atoms with Crippen LogP contribution in [0.1, 0.15) is 117 Å². The highest BCUT2D eigenvalue weighted by atomic mass is 16.3. The summed E-state index contributed by atoms with van der Waals surface area (Å²) in [4.78, 5) is 13.6. The number of aliphatic hydroxyl groups excluding tert-OH is 4. The van der Waals surface area contributed by atoms with E-state index >= 15 is 0 Å². The molecule has 2 aliphatic rings. The maximum atomic E-state index is 11.6. The van der Waals surface area contributed by atoms with Gasteiger partial charge in [-0.3, -0.25) is 20.3 Å². The van der Waals surface area contributed by atoms with Crippen LogP contribution >= 0.6 is 0 Å². The highest BCUT2D eigenvalue weighted by Crippen LogP contribution is 2.35. The number of nitrogens with two attached hydrogens (primary N) is 1. The predicted molar refractivity (Wildman–Crippen MR) is 163 cm³/mol. The molecular weight excluding hydrogens is 522 g/mol. The fraction of sp³-hybridized carbons (Fsp3) is 0.968. The molecule has 242 valence electrons. The lowest BCUT2D eigenvalue weighted by molar-refractivity contribution is -0.120. The van der Waals surface area contributed by atoms with Crippen LogP contribution < -0.4 is 21.7 Å². The number of nitrogens with one attached hydrogen (secondary N) is 3. The minimum atomic E-state index is -0.845. The molecule has 1 saturated carbocycles. The molecule has 9 N–H and O–H groups in total. The van der Waals surface area contributed by atoms with Crippen LogP contribution in [0.15, 0.2) is 0 Å². The van der Waals surface area contributed by atoms with Crippen molar-refractivity contribution in [3.05, 3.63) is 0 Å². The molecule has 10 heteroatoms. The Morgan fingerprint density at radius 3 is 2.39 bits per heavy atom. The van der Waals surface area contributed by atoms with Gasteiger partial charge in [0, 0.05) is 25.6 Å². The first-order valence-electron chi connectivity index (χ1n) is 16.6. The highest BCUT2D eigenvalue weighted by Gasteiger charge is 2.38. The second kappa shape index (κ2) is 20.2. The van der Waals surface area contributed by atoms with Crippen molar-refractivity contribution < 1.29 is 25.2 Å². The average molecular weight is 586 g/mol. The summed E-state index contributed by atoms with van der Waals surface area (Å²) < 4.78 is 0. The molecule has 1 amide bonds. The minimum Gasteiger partial charge on any atom is -0.379 e. The Morgan fingerprint density at radius 1 is 0.951 bits per heavy atom. The number of hydrogen-bond acceptors (Lipinski definition) is 9. The van der Waals surface area contributed by atoms with Gasteiger partial charge in [-0.05, 0) is 94.9 Å². The zero-order valence-corrected chi connectivity index (χ0v) is 26.1. The number of carbonyl (C=O) groups excluding carboxylic acids is 1. The van der Waals surface area contributed by atoms with Gasteiger partial charge >= 0.3 is 0 Å². The Kier molecular flexibility index (Phi) is 17.9. The van der Waals surface area contributed by atoms with E-state index in [1.54, 1.807) is 0 Å².